The van der Waals surface area contributed by atoms with Gasteiger partial charge in [-0.05, 0) is 37.3 Å². The van der Waals surface area contributed by atoms with E-state index in [0.717, 1.165) is 25.9 Å². The molecule has 0 aliphatic carbocycles. The summed E-state index contributed by atoms with van der Waals surface area (Å²) < 4.78 is 0. The van der Waals surface area contributed by atoms with Crippen LogP contribution in [-0.2, 0) is 11.2 Å². The van der Waals surface area contributed by atoms with Crippen molar-refractivity contribution in [1.82, 2.24) is 4.90 Å². The number of fused-ring (bicyclic) bond motifs is 3. The van der Waals surface area contributed by atoms with E-state index in [1.54, 1.807) is 0 Å². The summed E-state index contributed by atoms with van der Waals surface area (Å²) >= 11 is 0. The third-order valence-corrected chi connectivity index (χ3v) is 5.10. The number of hydrogen-bond donors (Lipinski definition) is 0. The summed E-state index contributed by atoms with van der Waals surface area (Å²) in [6.45, 7) is 4.51. The Morgan fingerprint density at radius 3 is 2.75 bits per heavy atom. The maximum absolute atomic E-state index is 12.7. The van der Waals surface area contributed by atoms with Crippen molar-refractivity contribution in [3.8, 4) is 0 Å². The van der Waals surface area contributed by atoms with Crippen molar-refractivity contribution in [2.75, 3.05) is 13.1 Å². The fraction of sp³-hybridized carbons (Fsp3) is 0.611. The minimum absolute atomic E-state index is 0.147. The molecule has 0 saturated carbocycles. The molecule has 1 aromatic rings. The Kier molecular flexibility index (Phi) is 4.21. The molecule has 4 atom stereocenters. The van der Waals surface area contributed by atoms with E-state index in [-0.39, 0.29) is 6.04 Å². The Labute approximate surface area is 122 Å². The molecule has 3 saturated heterocycles. The second kappa shape index (κ2) is 6.09. The first kappa shape index (κ1) is 13.8. The van der Waals surface area contributed by atoms with Gasteiger partial charge in [-0.15, -0.1) is 0 Å². The molecule has 0 spiro atoms. The fourth-order valence-electron chi connectivity index (χ4n) is 3.97. The average molecular weight is 271 g/mol. The van der Waals surface area contributed by atoms with Crippen molar-refractivity contribution in [3.05, 3.63) is 35.9 Å². The van der Waals surface area contributed by atoms with Gasteiger partial charge in [0.15, 0.2) is 5.78 Å². The van der Waals surface area contributed by atoms with Gasteiger partial charge in [-0.3, -0.25) is 9.69 Å². The maximum atomic E-state index is 12.7. The van der Waals surface area contributed by atoms with Crippen LogP contribution in [0, 0.1) is 11.8 Å². The molecule has 2 bridgehead atoms. The first-order chi connectivity index (χ1) is 9.79. The van der Waals surface area contributed by atoms with E-state index >= 15 is 0 Å². The highest BCUT2D eigenvalue weighted by Crippen LogP contribution is 2.37. The third-order valence-electron chi connectivity index (χ3n) is 5.10. The number of nitrogens with zero attached hydrogens (tertiary/aromatic N) is 1. The van der Waals surface area contributed by atoms with Gasteiger partial charge in [0.2, 0.25) is 0 Å². The molecule has 4 rings (SSSR count). The van der Waals surface area contributed by atoms with Crippen LogP contribution >= 0.6 is 0 Å². The quantitative estimate of drug-likeness (QED) is 0.819. The highest BCUT2D eigenvalue weighted by atomic mass is 16.1. The molecule has 2 nitrogen and oxygen atoms in total. The van der Waals surface area contributed by atoms with Crippen molar-refractivity contribution in [3.63, 3.8) is 0 Å². The summed E-state index contributed by atoms with van der Waals surface area (Å²) in [4.78, 5) is 15.2. The normalized spacial score (nSPS) is 32.5. The van der Waals surface area contributed by atoms with Gasteiger partial charge in [0, 0.05) is 12.5 Å². The zero-order chi connectivity index (χ0) is 13.9. The predicted octanol–water partition coefficient (Wildman–Crippen LogP) is 3.31. The third kappa shape index (κ3) is 2.67. The molecule has 20 heavy (non-hydrogen) atoms. The molecule has 0 amide bonds. The van der Waals surface area contributed by atoms with Gasteiger partial charge in [-0.25, -0.2) is 0 Å². The Balaban J connectivity index is 1.69. The average Bonchev–Trinajstić information content (AvgIpc) is 2.50. The van der Waals surface area contributed by atoms with E-state index in [2.05, 4.69) is 36.1 Å². The van der Waals surface area contributed by atoms with Gasteiger partial charge >= 0.3 is 0 Å². The molecule has 0 aromatic heterocycles. The number of rotatable bonds is 5. The standard InChI is InChI=1S/C18H25NO/c1-2-3-9-15-13-19-11-10-16(15)18(20)17(19)12-14-7-5-4-6-8-14/h4-8,15-17H,2-3,9-13H2,1H3. The van der Waals surface area contributed by atoms with Crippen LogP contribution in [0.4, 0.5) is 0 Å². The van der Waals surface area contributed by atoms with Gasteiger partial charge in [0.05, 0.1) is 6.04 Å². The number of carbonyl (C=O) groups excluding carboxylic acids is 1. The van der Waals surface area contributed by atoms with Crippen LogP contribution in [0.2, 0.25) is 0 Å². The number of benzene rings is 1. The summed E-state index contributed by atoms with van der Waals surface area (Å²) in [5.74, 6) is 1.50. The monoisotopic (exact) mass is 271 g/mol. The zero-order valence-electron chi connectivity index (χ0n) is 12.4. The molecule has 3 heterocycles. The maximum Gasteiger partial charge on any atom is 0.153 e. The van der Waals surface area contributed by atoms with Crippen molar-refractivity contribution >= 4 is 5.78 Å². The summed E-state index contributed by atoms with van der Waals surface area (Å²) in [5.41, 5.74) is 1.29. The molecule has 0 radical (unpaired) electrons. The van der Waals surface area contributed by atoms with Crippen LogP contribution in [-0.4, -0.2) is 29.8 Å². The highest BCUT2D eigenvalue weighted by Gasteiger charge is 2.45. The molecule has 2 heteroatoms. The van der Waals surface area contributed by atoms with E-state index in [4.69, 9.17) is 0 Å². The number of unbranched alkanes of at least 4 members (excludes halogenated alkanes) is 1. The lowest BCUT2D eigenvalue weighted by atomic mass is 9.72. The lowest BCUT2D eigenvalue weighted by Gasteiger charge is -2.48. The fourth-order valence-corrected chi connectivity index (χ4v) is 3.97. The lowest BCUT2D eigenvalue weighted by Crippen LogP contribution is -2.60. The van der Waals surface area contributed by atoms with Crippen molar-refractivity contribution in [1.29, 1.82) is 0 Å². The largest absolute Gasteiger partial charge is 0.298 e. The number of carbonyl (C=O) groups is 1. The smallest absolute Gasteiger partial charge is 0.153 e. The van der Waals surface area contributed by atoms with E-state index in [1.807, 2.05) is 6.07 Å². The lowest BCUT2D eigenvalue weighted by molar-refractivity contribution is -0.141. The van der Waals surface area contributed by atoms with Gasteiger partial charge in [-0.1, -0.05) is 50.1 Å². The molecular weight excluding hydrogens is 246 g/mol. The van der Waals surface area contributed by atoms with Gasteiger partial charge in [-0.2, -0.15) is 0 Å². The molecule has 3 fully saturated rings. The zero-order valence-corrected chi connectivity index (χ0v) is 12.4. The van der Waals surface area contributed by atoms with Gasteiger partial charge in [0.1, 0.15) is 0 Å². The molecule has 0 N–H and O–H groups in total. The molecule has 4 unspecified atom stereocenters. The van der Waals surface area contributed by atoms with Crippen molar-refractivity contribution in [2.24, 2.45) is 11.8 Å². The second-order valence-corrected chi connectivity index (χ2v) is 6.40. The van der Waals surface area contributed by atoms with E-state index < -0.39 is 0 Å². The highest BCUT2D eigenvalue weighted by molar-refractivity contribution is 5.88. The molecular formula is C18H25NO. The van der Waals surface area contributed by atoms with Crippen molar-refractivity contribution in [2.45, 2.75) is 45.1 Å². The van der Waals surface area contributed by atoms with Gasteiger partial charge < -0.3 is 0 Å². The summed E-state index contributed by atoms with van der Waals surface area (Å²) in [5, 5.41) is 0. The Morgan fingerprint density at radius 1 is 1.25 bits per heavy atom. The number of ketones is 1. The molecule has 3 aliphatic heterocycles. The van der Waals surface area contributed by atoms with E-state index in [1.165, 1.54) is 24.8 Å². The van der Waals surface area contributed by atoms with Crippen molar-refractivity contribution < 1.29 is 4.79 Å². The summed E-state index contributed by atoms with van der Waals surface area (Å²) in [7, 11) is 0. The van der Waals surface area contributed by atoms with E-state index in [0.29, 0.717) is 17.6 Å². The topological polar surface area (TPSA) is 20.3 Å². The number of Topliss-reactive ketones (excluding diaryl/α,β-unsaturated/α-hetero) is 1. The van der Waals surface area contributed by atoms with Crippen LogP contribution in [0.25, 0.3) is 0 Å². The minimum atomic E-state index is 0.147. The first-order valence-corrected chi connectivity index (χ1v) is 8.11. The molecule has 3 aliphatic rings. The van der Waals surface area contributed by atoms with Crippen LogP contribution in [0.15, 0.2) is 30.3 Å². The van der Waals surface area contributed by atoms with Crippen LogP contribution in [0.1, 0.15) is 38.2 Å². The predicted molar refractivity (Wildman–Crippen MR) is 81.6 cm³/mol. The van der Waals surface area contributed by atoms with E-state index in [9.17, 15) is 4.79 Å². The SMILES string of the molecule is CCCCC1CN2CCC1C(=O)C2Cc1ccccc1. The number of hydrogen-bond acceptors (Lipinski definition) is 2. The Morgan fingerprint density at radius 2 is 2.05 bits per heavy atom. The summed E-state index contributed by atoms with van der Waals surface area (Å²) in [6, 6.07) is 10.6. The molecule has 1 aromatic carbocycles. The van der Waals surface area contributed by atoms with Crippen LogP contribution in [0.5, 0.6) is 0 Å². The van der Waals surface area contributed by atoms with Crippen LogP contribution < -0.4 is 0 Å². The Bertz CT molecular complexity index is 456. The first-order valence-electron chi connectivity index (χ1n) is 8.11. The van der Waals surface area contributed by atoms with Gasteiger partial charge in [0.25, 0.3) is 0 Å². The summed E-state index contributed by atoms with van der Waals surface area (Å²) in [6.07, 6.45) is 5.74. The van der Waals surface area contributed by atoms with Crippen LogP contribution in [0.3, 0.4) is 0 Å². The number of piperidine rings is 3. The second-order valence-electron chi connectivity index (χ2n) is 6.40. The minimum Gasteiger partial charge on any atom is -0.298 e. The molecule has 108 valence electrons. The Hall–Kier alpha value is -1.15.